The Kier molecular flexibility index (Phi) is 4.16. The van der Waals surface area contributed by atoms with Crippen molar-refractivity contribution < 1.29 is 4.79 Å². The van der Waals surface area contributed by atoms with E-state index in [9.17, 15) is 4.79 Å². The number of halogens is 3. The van der Waals surface area contributed by atoms with Gasteiger partial charge < -0.3 is 4.90 Å². The SMILES string of the molecule is Cc1c(N2CC(CBr)CC2=O)ccc(Br)c1Cl. The first-order valence-corrected chi connectivity index (χ1v) is 7.64. The van der Waals surface area contributed by atoms with Gasteiger partial charge in [-0.1, -0.05) is 27.5 Å². The van der Waals surface area contributed by atoms with Gasteiger partial charge in [0.2, 0.25) is 5.91 Å². The molecule has 0 aliphatic carbocycles. The third-order valence-electron chi connectivity index (χ3n) is 3.02. The summed E-state index contributed by atoms with van der Waals surface area (Å²) in [5.41, 5.74) is 1.87. The van der Waals surface area contributed by atoms with Crippen LogP contribution >= 0.6 is 43.5 Å². The Balaban J connectivity index is 2.35. The van der Waals surface area contributed by atoms with Gasteiger partial charge in [-0.3, -0.25) is 4.79 Å². The average Bonchev–Trinajstić information content (AvgIpc) is 2.68. The zero-order chi connectivity index (χ0) is 12.6. The van der Waals surface area contributed by atoms with Crippen molar-refractivity contribution in [3.63, 3.8) is 0 Å². The minimum absolute atomic E-state index is 0.177. The van der Waals surface area contributed by atoms with Crippen LogP contribution in [0.4, 0.5) is 5.69 Å². The Morgan fingerprint density at radius 3 is 2.82 bits per heavy atom. The topological polar surface area (TPSA) is 20.3 Å². The molecule has 2 nitrogen and oxygen atoms in total. The molecule has 2 rings (SSSR count). The molecule has 1 unspecified atom stereocenters. The van der Waals surface area contributed by atoms with Crippen LogP contribution in [0, 0.1) is 12.8 Å². The molecule has 1 aromatic rings. The maximum Gasteiger partial charge on any atom is 0.227 e. The molecule has 1 fully saturated rings. The van der Waals surface area contributed by atoms with Crippen molar-refractivity contribution in [2.45, 2.75) is 13.3 Å². The number of carbonyl (C=O) groups excluding carboxylic acids is 1. The number of hydrogen-bond acceptors (Lipinski definition) is 1. The first kappa shape index (κ1) is 13.4. The first-order valence-electron chi connectivity index (χ1n) is 5.35. The van der Waals surface area contributed by atoms with Crippen molar-refractivity contribution in [2.75, 3.05) is 16.8 Å². The van der Waals surface area contributed by atoms with Gasteiger partial charge in [0.15, 0.2) is 0 Å². The van der Waals surface area contributed by atoms with E-state index < -0.39 is 0 Å². The number of nitrogens with zero attached hydrogens (tertiary/aromatic N) is 1. The standard InChI is InChI=1S/C12H12Br2ClNO/c1-7-10(3-2-9(14)12(7)15)16-6-8(5-13)4-11(16)17/h2-3,8H,4-6H2,1H3. The summed E-state index contributed by atoms with van der Waals surface area (Å²) in [6, 6.07) is 3.83. The van der Waals surface area contributed by atoms with Crippen LogP contribution in [0.2, 0.25) is 5.02 Å². The predicted octanol–water partition coefficient (Wildman–Crippen LogP) is 4.16. The van der Waals surface area contributed by atoms with Gasteiger partial charge in [0.25, 0.3) is 0 Å². The fourth-order valence-corrected chi connectivity index (χ4v) is 3.08. The van der Waals surface area contributed by atoms with Crippen molar-refractivity contribution in [1.82, 2.24) is 0 Å². The molecule has 17 heavy (non-hydrogen) atoms. The van der Waals surface area contributed by atoms with Crippen molar-refractivity contribution in [1.29, 1.82) is 0 Å². The van der Waals surface area contributed by atoms with Crippen LogP contribution in [0.1, 0.15) is 12.0 Å². The zero-order valence-electron chi connectivity index (χ0n) is 9.34. The highest BCUT2D eigenvalue weighted by atomic mass is 79.9. The predicted molar refractivity (Wildman–Crippen MR) is 78.1 cm³/mol. The molecule has 0 N–H and O–H groups in total. The van der Waals surface area contributed by atoms with Gasteiger partial charge in [-0.15, -0.1) is 0 Å². The van der Waals surface area contributed by atoms with Gasteiger partial charge in [-0.2, -0.15) is 0 Å². The first-order chi connectivity index (χ1) is 8.04. The molecule has 0 spiro atoms. The van der Waals surface area contributed by atoms with Crippen LogP contribution in [-0.4, -0.2) is 17.8 Å². The molecule has 1 aliphatic rings. The van der Waals surface area contributed by atoms with Gasteiger partial charge in [0.1, 0.15) is 0 Å². The van der Waals surface area contributed by atoms with E-state index in [1.165, 1.54) is 0 Å². The van der Waals surface area contributed by atoms with E-state index >= 15 is 0 Å². The second kappa shape index (κ2) is 5.29. The van der Waals surface area contributed by atoms with Gasteiger partial charge in [-0.05, 0) is 46.5 Å². The van der Waals surface area contributed by atoms with E-state index in [0.717, 1.165) is 27.6 Å². The lowest BCUT2D eigenvalue weighted by atomic mass is 10.1. The van der Waals surface area contributed by atoms with E-state index in [1.54, 1.807) is 0 Å². The third-order valence-corrected chi connectivity index (χ3v) is 5.32. The third kappa shape index (κ3) is 2.54. The Labute approximate surface area is 123 Å². The van der Waals surface area contributed by atoms with E-state index in [1.807, 2.05) is 24.0 Å². The highest BCUT2D eigenvalue weighted by Crippen LogP contribution is 2.35. The summed E-state index contributed by atoms with van der Waals surface area (Å²) in [4.78, 5) is 13.8. The molecule has 1 heterocycles. The quantitative estimate of drug-likeness (QED) is 0.705. The van der Waals surface area contributed by atoms with E-state index in [2.05, 4.69) is 31.9 Å². The molecule has 0 aromatic heterocycles. The van der Waals surface area contributed by atoms with Crippen LogP contribution < -0.4 is 4.90 Å². The molecule has 0 radical (unpaired) electrons. The van der Waals surface area contributed by atoms with E-state index in [4.69, 9.17) is 11.6 Å². The smallest absolute Gasteiger partial charge is 0.227 e. The fraction of sp³-hybridized carbons (Fsp3) is 0.417. The van der Waals surface area contributed by atoms with E-state index in [-0.39, 0.29) is 5.91 Å². The molecule has 1 atom stereocenters. The largest absolute Gasteiger partial charge is 0.312 e. The monoisotopic (exact) mass is 379 g/mol. The second-order valence-corrected chi connectivity index (χ2v) is 6.11. The summed E-state index contributed by atoms with van der Waals surface area (Å²) in [7, 11) is 0. The van der Waals surface area contributed by atoms with Crippen LogP contribution in [-0.2, 0) is 4.79 Å². The van der Waals surface area contributed by atoms with Crippen LogP contribution in [0.25, 0.3) is 0 Å². The molecular formula is C12H12Br2ClNO. The number of benzene rings is 1. The fourth-order valence-electron chi connectivity index (χ4n) is 2.05. The maximum atomic E-state index is 11.9. The number of anilines is 1. The Morgan fingerprint density at radius 2 is 2.24 bits per heavy atom. The number of hydrogen-bond donors (Lipinski definition) is 0. The summed E-state index contributed by atoms with van der Waals surface area (Å²) in [6.07, 6.45) is 0.609. The van der Waals surface area contributed by atoms with Gasteiger partial charge >= 0.3 is 0 Å². The second-order valence-electron chi connectivity index (χ2n) is 4.23. The molecule has 1 amide bonds. The average molecular weight is 381 g/mol. The number of rotatable bonds is 2. The van der Waals surface area contributed by atoms with Crippen LogP contribution in [0.15, 0.2) is 16.6 Å². The molecule has 92 valence electrons. The summed E-state index contributed by atoms with van der Waals surface area (Å²) in [6.45, 7) is 2.71. The lowest BCUT2D eigenvalue weighted by molar-refractivity contribution is -0.117. The molecule has 0 bridgehead atoms. The minimum Gasteiger partial charge on any atom is -0.312 e. The summed E-state index contributed by atoms with van der Waals surface area (Å²) >= 11 is 13.0. The van der Waals surface area contributed by atoms with Gasteiger partial charge in [0.05, 0.1) is 5.02 Å². The molecule has 1 aliphatic heterocycles. The molecule has 5 heteroatoms. The Bertz CT molecular complexity index is 464. The van der Waals surface area contributed by atoms with Gasteiger partial charge in [-0.25, -0.2) is 0 Å². The summed E-state index contributed by atoms with van der Waals surface area (Å²) < 4.78 is 0.865. The van der Waals surface area contributed by atoms with E-state index in [0.29, 0.717) is 17.4 Å². The van der Waals surface area contributed by atoms with Crippen molar-refractivity contribution >= 4 is 55.1 Å². The Hall–Kier alpha value is -0.0600. The highest BCUT2D eigenvalue weighted by Gasteiger charge is 2.31. The maximum absolute atomic E-state index is 11.9. The molecule has 1 saturated heterocycles. The lowest BCUT2D eigenvalue weighted by Crippen LogP contribution is -2.25. The van der Waals surface area contributed by atoms with Crippen LogP contribution in [0.3, 0.4) is 0 Å². The van der Waals surface area contributed by atoms with Crippen molar-refractivity contribution in [3.05, 3.63) is 27.2 Å². The van der Waals surface area contributed by atoms with Crippen molar-refractivity contribution in [2.24, 2.45) is 5.92 Å². The summed E-state index contributed by atoms with van der Waals surface area (Å²) in [5, 5.41) is 1.54. The lowest BCUT2D eigenvalue weighted by Gasteiger charge is -2.20. The molecule has 1 aromatic carbocycles. The number of carbonyl (C=O) groups is 1. The highest BCUT2D eigenvalue weighted by molar-refractivity contribution is 9.10. The summed E-state index contributed by atoms with van der Waals surface area (Å²) in [5.74, 6) is 0.570. The van der Waals surface area contributed by atoms with Gasteiger partial charge in [0, 0.05) is 28.5 Å². The normalized spacial score (nSPS) is 20.1. The molecular weight excluding hydrogens is 369 g/mol. The zero-order valence-corrected chi connectivity index (χ0v) is 13.3. The van der Waals surface area contributed by atoms with Crippen molar-refractivity contribution in [3.8, 4) is 0 Å². The molecule has 0 saturated carbocycles. The Morgan fingerprint density at radius 1 is 1.53 bits per heavy atom. The number of amides is 1. The number of alkyl halides is 1. The van der Waals surface area contributed by atoms with Crippen LogP contribution in [0.5, 0.6) is 0 Å². The minimum atomic E-state index is 0.177.